The number of nitrogens with zero attached hydrogens (tertiary/aromatic N) is 1. The van der Waals surface area contributed by atoms with Crippen molar-refractivity contribution in [3.8, 4) is 6.07 Å². The summed E-state index contributed by atoms with van der Waals surface area (Å²) in [4.78, 5) is 12.2. The van der Waals surface area contributed by atoms with Crippen LogP contribution < -0.4 is 5.32 Å². The van der Waals surface area contributed by atoms with E-state index in [0.717, 1.165) is 5.56 Å². The summed E-state index contributed by atoms with van der Waals surface area (Å²) in [6.45, 7) is 0. The summed E-state index contributed by atoms with van der Waals surface area (Å²) in [5.41, 5.74) is 1.06. The summed E-state index contributed by atoms with van der Waals surface area (Å²) in [5, 5.41) is 12.2. The Bertz CT molecular complexity index is 667. The van der Waals surface area contributed by atoms with E-state index in [1.165, 1.54) is 0 Å². The van der Waals surface area contributed by atoms with Gasteiger partial charge in [0.15, 0.2) is 0 Å². The molecule has 2 aromatic rings. The second kappa shape index (κ2) is 6.56. The highest BCUT2D eigenvalue weighted by atomic mass is 79.9. The van der Waals surface area contributed by atoms with Gasteiger partial charge in [-0.05, 0) is 33.6 Å². The van der Waals surface area contributed by atoms with Gasteiger partial charge in [0.1, 0.15) is 6.04 Å². The average molecular weight is 350 g/mol. The molecule has 1 atom stereocenters. The quantitative estimate of drug-likeness (QED) is 0.907. The Morgan fingerprint density at radius 1 is 1.20 bits per heavy atom. The molecule has 0 aliphatic rings. The molecule has 2 rings (SSSR count). The van der Waals surface area contributed by atoms with E-state index in [0.29, 0.717) is 15.1 Å². The second-order valence-electron chi connectivity index (χ2n) is 4.05. The van der Waals surface area contributed by atoms with Gasteiger partial charge in [0.2, 0.25) is 0 Å². The van der Waals surface area contributed by atoms with E-state index in [1.807, 2.05) is 18.2 Å². The highest BCUT2D eigenvalue weighted by molar-refractivity contribution is 9.10. The fourth-order valence-corrected chi connectivity index (χ4v) is 2.30. The van der Waals surface area contributed by atoms with E-state index >= 15 is 0 Å². The van der Waals surface area contributed by atoms with Gasteiger partial charge in [0.05, 0.1) is 16.7 Å². The summed E-state index contributed by atoms with van der Waals surface area (Å²) in [6.07, 6.45) is 0. The van der Waals surface area contributed by atoms with Crippen molar-refractivity contribution in [3.05, 3.63) is 69.2 Å². The van der Waals surface area contributed by atoms with Gasteiger partial charge in [-0.1, -0.05) is 48.0 Å². The van der Waals surface area contributed by atoms with Crippen molar-refractivity contribution in [2.45, 2.75) is 6.04 Å². The first-order valence-electron chi connectivity index (χ1n) is 5.83. The predicted molar refractivity (Wildman–Crippen MR) is 81.4 cm³/mol. The van der Waals surface area contributed by atoms with Crippen LogP contribution in [-0.4, -0.2) is 5.91 Å². The number of benzene rings is 2. The molecule has 0 aliphatic heterocycles. The first-order valence-corrected chi connectivity index (χ1v) is 7.00. The van der Waals surface area contributed by atoms with Crippen LogP contribution in [0.1, 0.15) is 22.0 Å². The molecule has 0 saturated carbocycles. The molecule has 0 radical (unpaired) electrons. The van der Waals surface area contributed by atoms with Crippen LogP contribution in [0.2, 0.25) is 5.02 Å². The lowest BCUT2D eigenvalue weighted by Crippen LogP contribution is -2.27. The van der Waals surface area contributed by atoms with Crippen molar-refractivity contribution in [1.29, 1.82) is 5.26 Å². The van der Waals surface area contributed by atoms with E-state index in [9.17, 15) is 10.1 Å². The van der Waals surface area contributed by atoms with Crippen LogP contribution in [0.15, 0.2) is 53.0 Å². The lowest BCUT2D eigenvalue weighted by Gasteiger charge is -2.13. The summed E-state index contributed by atoms with van der Waals surface area (Å²) < 4.78 is 0.639. The Morgan fingerprint density at radius 3 is 2.55 bits per heavy atom. The molecule has 0 fully saturated rings. The van der Waals surface area contributed by atoms with Crippen molar-refractivity contribution < 1.29 is 4.79 Å². The van der Waals surface area contributed by atoms with Crippen molar-refractivity contribution in [3.63, 3.8) is 0 Å². The molecule has 20 heavy (non-hydrogen) atoms. The Balaban J connectivity index is 2.23. The van der Waals surface area contributed by atoms with Gasteiger partial charge in [0, 0.05) is 4.47 Å². The van der Waals surface area contributed by atoms with Crippen molar-refractivity contribution in [2.75, 3.05) is 0 Å². The molecule has 100 valence electrons. The Hall–Kier alpha value is -1.83. The highest BCUT2D eigenvalue weighted by Gasteiger charge is 2.17. The van der Waals surface area contributed by atoms with Gasteiger partial charge in [-0.25, -0.2) is 0 Å². The number of rotatable bonds is 3. The number of hydrogen-bond acceptors (Lipinski definition) is 2. The third-order valence-corrected chi connectivity index (χ3v) is 4.03. The largest absolute Gasteiger partial charge is 0.332 e. The molecular weight excluding hydrogens is 340 g/mol. The molecule has 0 bridgehead atoms. The minimum atomic E-state index is -0.709. The molecule has 3 nitrogen and oxygen atoms in total. The number of nitrogens with one attached hydrogen (secondary N) is 1. The molecule has 5 heteroatoms. The maximum absolute atomic E-state index is 12.2. The number of nitriles is 1. The predicted octanol–water partition coefficient (Wildman–Crippen LogP) is 4.10. The molecule has 0 aromatic heterocycles. The zero-order valence-corrected chi connectivity index (χ0v) is 12.6. The Kier molecular flexibility index (Phi) is 4.78. The molecule has 0 aliphatic carbocycles. The molecule has 0 heterocycles. The third-order valence-electron chi connectivity index (χ3n) is 2.73. The standard InChI is InChI=1S/C15H10BrClN2O/c16-12-8-4-7-11(14(12)17)15(20)19-13(9-18)10-5-2-1-3-6-10/h1-8,13H,(H,19,20). The zero-order chi connectivity index (χ0) is 14.5. The van der Waals surface area contributed by atoms with Gasteiger partial charge >= 0.3 is 0 Å². The number of halogens is 2. The minimum absolute atomic E-state index is 0.328. The van der Waals surface area contributed by atoms with Crippen LogP contribution in [0.4, 0.5) is 0 Å². The van der Waals surface area contributed by atoms with Crippen LogP contribution in [0.3, 0.4) is 0 Å². The van der Waals surface area contributed by atoms with E-state index < -0.39 is 6.04 Å². The fourth-order valence-electron chi connectivity index (χ4n) is 1.72. The Labute approximate surface area is 130 Å². The lowest BCUT2D eigenvalue weighted by molar-refractivity contribution is 0.0945. The SMILES string of the molecule is N#CC(NC(=O)c1cccc(Br)c1Cl)c1ccccc1. The average Bonchev–Trinajstić information content (AvgIpc) is 2.48. The van der Waals surface area contributed by atoms with Crippen molar-refractivity contribution in [2.24, 2.45) is 0 Å². The molecular formula is C15H10BrClN2O. The molecule has 1 amide bonds. The van der Waals surface area contributed by atoms with E-state index in [1.54, 1.807) is 30.3 Å². The van der Waals surface area contributed by atoms with Crippen molar-refractivity contribution >= 4 is 33.4 Å². The second-order valence-corrected chi connectivity index (χ2v) is 5.28. The molecule has 0 saturated heterocycles. The lowest BCUT2D eigenvalue weighted by atomic mass is 10.1. The minimum Gasteiger partial charge on any atom is -0.332 e. The third kappa shape index (κ3) is 3.19. The number of amides is 1. The number of carbonyl (C=O) groups excluding carboxylic acids is 1. The summed E-state index contributed by atoms with van der Waals surface area (Å²) in [7, 11) is 0. The van der Waals surface area contributed by atoms with Crippen LogP contribution in [-0.2, 0) is 0 Å². The van der Waals surface area contributed by atoms with E-state index in [2.05, 4.69) is 27.3 Å². The fraction of sp³-hybridized carbons (Fsp3) is 0.0667. The zero-order valence-electron chi connectivity index (χ0n) is 10.3. The van der Waals surface area contributed by atoms with Gasteiger partial charge < -0.3 is 5.32 Å². The van der Waals surface area contributed by atoms with E-state index in [-0.39, 0.29) is 5.91 Å². The Morgan fingerprint density at radius 2 is 1.90 bits per heavy atom. The van der Waals surface area contributed by atoms with Crippen LogP contribution >= 0.6 is 27.5 Å². The normalized spacial score (nSPS) is 11.4. The maximum atomic E-state index is 12.2. The molecule has 1 N–H and O–H groups in total. The van der Waals surface area contributed by atoms with Gasteiger partial charge in [-0.3, -0.25) is 4.79 Å². The summed E-state index contributed by atoms with van der Waals surface area (Å²) in [6, 6.07) is 15.5. The van der Waals surface area contributed by atoms with Gasteiger partial charge in [-0.15, -0.1) is 0 Å². The number of hydrogen-bond donors (Lipinski definition) is 1. The molecule has 0 spiro atoms. The van der Waals surface area contributed by atoms with Crippen LogP contribution in [0.5, 0.6) is 0 Å². The van der Waals surface area contributed by atoms with Crippen molar-refractivity contribution in [1.82, 2.24) is 5.32 Å². The van der Waals surface area contributed by atoms with Gasteiger partial charge in [0.25, 0.3) is 5.91 Å². The monoisotopic (exact) mass is 348 g/mol. The maximum Gasteiger partial charge on any atom is 0.254 e. The first-order chi connectivity index (χ1) is 9.63. The highest BCUT2D eigenvalue weighted by Crippen LogP contribution is 2.26. The molecule has 2 aromatic carbocycles. The summed E-state index contributed by atoms with van der Waals surface area (Å²) >= 11 is 9.34. The van der Waals surface area contributed by atoms with Crippen LogP contribution in [0.25, 0.3) is 0 Å². The number of carbonyl (C=O) groups is 1. The smallest absolute Gasteiger partial charge is 0.254 e. The first kappa shape index (κ1) is 14.6. The van der Waals surface area contributed by atoms with E-state index in [4.69, 9.17) is 11.6 Å². The van der Waals surface area contributed by atoms with Crippen LogP contribution in [0, 0.1) is 11.3 Å². The molecule has 1 unspecified atom stereocenters. The summed E-state index contributed by atoms with van der Waals surface area (Å²) in [5.74, 6) is -0.383. The topological polar surface area (TPSA) is 52.9 Å². The van der Waals surface area contributed by atoms with Gasteiger partial charge in [-0.2, -0.15) is 5.26 Å².